The highest BCUT2D eigenvalue weighted by atomic mass is 16.3. The SMILES string of the molecule is CC1(C)CN(CC2CCN(c3ccc4c(c3)C(=O)N(C3CCC(=O)NC3=O)C4)CC2)CCN1C(=O)N1CCN2c3cc(-c4ccccc4O)nnc3NC[C@H]2C1. The maximum Gasteiger partial charge on any atom is 0.320 e. The molecule has 4 fully saturated rings. The van der Waals surface area contributed by atoms with E-state index in [4.69, 9.17) is 0 Å². The van der Waals surface area contributed by atoms with Crippen LogP contribution < -0.4 is 20.4 Å². The van der Waals surface area contributed by atoms with Gasteiger partial charge in [-0.2, -0.15) is 0 Å². The van der Waals surface area contributed by atoms with Crippen LogP contribution in [-0.4, -0.2) is 142 Å². The van der Waals surface area contributed by atoms with Gasteiger partial charge >= 0.3 is 6.03 Å². The zero-order chi connectivity index (χ0) is 38.7. The average molecular weight is 763 g/mol. The van der Waals surface area contributed by atoms with Gasteiger partial charge in [-0.25, -0.2) is 4.79 Å². The van der Waals surface area contributed by atoms with Gasteiger partial charge in [-0.05, 0) is 74.9 Å². The Hall–Kier alpha value is -5.44. The van der Waals surface area contributed by atoms with E-state index >= 15 is 0 Å². The van der Waals surface area contributed by atoms with Crippen molar-refractivity contribution in [2.24, 2.45) is 5.92 Å². The Balaban J connectivity index is 0.769. The van der Waals surface area contributed by atoms with E-state index in [1.165, 1.54) is 0 Å². The van der Waals surface area contributed by atoms with Crippen molar-refractivity contribution in [2.45, 2.75) is 63.7 Å². The van der Waals surface area contributed by atoms with Crippen LogP contribution in [0.4, 0.5) is 22.0 Å². The molecule has 3 aromatic rings. The van der Waals surface area contributed by atoms with Crippen molar-refractivity contribution in [1.82, 2.24) is 35.1 Å². The molecule has 15 nitrogen and oxygen atoms in total. The van der Waals surface area contributed by atoms with Crippen molar-refractivity contribution in [1.29, 1.82) is 0 Å². The van der Waals surface area contributed by atoms with Crippen molar-refractivity contribution in [3.05, 3.63) is 59.7 Å². The molecule has 7 heterocycles. The molecule has 2 aromatic carbocycles. The summed E-state index contributed by atoms with van der Waals surface area (Å²) in [5.41, 5.74) is 4.50. The summed E-state index contributed by atoms with van der Waals surface area (Å²) in [6, 6.07) is 14.8. The van der Waals surface area contributed by atoms with E-state index < -0.39 is 6.04 Å². The molecular formula is C41H50N10O5. The Labute approximate surface area is 326 Å². The predicted molar refractivity (Wildman–Crippen MR) is 210 cm³/mol. The number of carbonyl (C=O) groups excluding carboxylic acids is 4. The summed E-state index contributed by atoms with van der Waals surface area (Å²) >= 11 is 0. The second-order valence-electron chi connectivity index (χ2n) is 16.8. The summed E-state index contributed by atoms with van der Waals surface area (Å²) in [7, 11) is 0. The molecule has 0 aliphatic carbocycles. The maximum atomic E-state index is 14.1. The number of phenolic OH excluding ortho intramolecular Hbond substituents is 1. The first-order valence-electron chi connectivity index (χ1n) is 20.0. The number of imide groups is 1. The molecule has 294 valence electrons. The van der Waals surface area contributed by atoms with E-state index in [1.807, 2.05) is 35.2 Å². The standard InChI is InChI=1S/C41H50N10O5/c1-41(2)25-46(22-26-11-13-47(14-12-26)28-8-7-27-23-50(39(55)31(27)19-28)33-9-10-36(53)43-38(33)54)15-18-51(41)40(56)48-16-17-49-29(24-48)21-42-37-34(49)20-32(44-45-37)30-5-3-4-6-35(30)52/h3-8,19-20,26,29,33,52H,9-18,21-25H2,1-2H3,(H,42,45)(H,43,53,54)/t29-,33?/m0/s1. The van der Waals surface area contributed by atoms with Crippen LogP contribution in [0.3, 0.4) is 0 Å². The van der Waals surface area contributed by atoms with Crippen molar-refractivity contribution < 1.29 is 24.3 Å². The van der Waals surface area contributed by atoms with E-state index in [9.17, 15) is 24.3 Å². The van der Waals surface area contributed by atoms with Crippen molar-refractivity contribution in [3.63, 3.8) is 0 Å². The van der Waals surface area contributed by atoms with Gasteiger partial charge in [0.2, 0.25) is 11.8 Å². The molecule has 6 aliphatic rings. The van der Waals surface area contributed by atoms with Crippen LogP contribution in [0.15, 0.2) is 48.5 Å². The fourth-order valence-electron chi connectivity index (χ4n) is 9.70. The highest BCUT2D eigenvalue weighted by molar-refractivity contribution is 6.05. The number of hydrogen-bond acceptors (Lipinski definition) is 11. The van der Waals surface area contributed by atoms with Gasteiger partial charge in [-0.15, -0.1) is 10.2 Å². The Kier molecular flexibility index (Phi) is 9.21. The lowest BCUT2D eigenvalue weighted by molar-refractivity contribution is -0.136. The van der Waals surface area contributed by atoms with Gasteiger partial charge in [0.1, 0.15) is 11.8 Å². The molecule has 2 atom stereocenters. The number of nitrogens with zero attached hydrogens (tertiary/aromatic N) is 8. The van der Waals surface area contributed by atoms with Gasteiger partial charge in [-0.3, -0.25) is 24.6 Å². The molecule has 0 saturated carbocycles. The molecule has 1 unspecified atom stereocenters. The third-order valence-electron chi connectivity index (χ3n) is 12.7. The lowest BCUT2D eigenvalue weighted by Gasteiger charge is -2.51. The van der Waals surface area contributed by atoms with E-state index in [-0.39, 0.29) is 47.5 Å². The normalized spacial score (nSPS) is 24.0. The Morgan fingerprint density at radius 2 is 1.73 bits per heavy atom. The molecule has 1 aromatic heterocycles. The molecule has 15 heteroatoms. The largest absolute Gasteiger partial charge is 0.507 e. The average Bonchev–Trinajstić information content (AvgIpc) is 3.52. The summed E-state index contributed by atoms with van der Waals surface area (Å²) in [6.07, 6.45) is 2.71. The lowest BCUT2D eigenvalue weighted by Crippen LogP contribution is -2.67. The van der Waals surface area contributed by atoms with Crippen molar-refractivity contribution in [3.8, 4) is 17.0 Å². The summed E-state index contributed by atoms with van der Waals surface area (Å²) < 4.78 is 0. The molecule has 3 N–H and O–H groups in total. The minimum atomic E-state index is -0.607. The van der Waals surface area contributed by atoms with Crippen LogP contribution >= 0.6 is 0 Å². The van der Waals surface area contributed by atoms with Crippen LogP contribution in [0.5, 0.6) is 5.75 Å². The van der Waals surface area contributed by atoms with E-state index in [0.717, 1.165) is 68.3 Å². The molecule has 0 spiro atoms. The molecule has 9 rings (SSSR count). The summed E-state index contributed by atoms with van der Waals surface area (Å²) in [5.74, 6) is 0.635. The first kappa shape index (κ1) is 36.2. The zero-order valence-electron chi connectivity index (χ0n) is 32.1. The number of para-hydroxylation sites is 1. The first-order valence-corrected chi connectivity index (χ1v) is 20.0. The molecule has 6 aliphatic heterocycles. The van der Waals surface area contributed by atoms with Crippen LogP contribution in [-0.2, 0) is 16.1 Å². The number of fused-ring (bicyclic) bond motifs is 4. The van der Waals surface area contributed by atoms with Gasteiger partial charge in [0.15, 0.2) is 5.82 Å². The number of benzene rings is 2. The molecule has 0 bridgehead atoms. The quantitative estimate of drug-likeness (QED) is 0.329. The minimum Gasteiger partial charge on any atom is -0.507 e. The molecule has 56 heavy (non-hydrogen) atoms. The van der Waals surface area contributed by atoms with Gasteiger partial charge < -0.3 is 34.9 Å². The summed E-state index contributed by atoms with van der Waals surface area (Å²) in [4.78, 5) is 64.6. The molecular weight excluding hydrogens is 713 g/mol. The van der Waals surface area contributed by atoms with E-state index in [2.05, 4.69) is 60.3 Å². The number of rotatable bonds is 5. The molecule has 0 radical (unpaired) electrons. The lowest BCUT2D eigenvalue weighted by atomic mass is 9.93. The van der Waals surface area contributed by atoms with Gasteiger partial charge in [-0.1, -0.05) is 18.2 Å². The number of aromatic hydroxyl groups is 1. The number of phenols is 1. The number of hydrogen-bond donors (Lipinski definition) is 3. The zero-order valence-corrected chi connectivity index (χ0v) is 32.1. The van der Waals surface area contributed by atoms with Gasteiger partial charge in [0.05, 0.1) is 23.0 Å². The second kappa shape index (κ2) is 14.3. The van der Waals surface area contributed by atoms with Crippen LogP contribution in [0.25, 0.3) is 11.3 Å². The molecule has 4 saturated heterocycles. The monoisotopic (exact) mass is 762 g/mol. The fraction of sp³-hybridized carbons (Fsp3) is 0.512. The summed E-state index contributed by atoms with van der Waals surface area (Å²) in [6.45, 7) is 12.5. The highest BCUT2D eigenvalue weighted by Gasteiger charge is 2.43. The van der Waals surface area contributed by atoms with Gasteiger partial charge in [0, 0.05) is 95.2 Å². The minimum absolute atomic E-state index is 0.0988. The smallest absolute Gasteiger partial charge is 0.320 e. The molecule has 5 amide bonds. The van der Waals surface area contributed by atoms with Crippen LogP contribution in [0, 0.1) is 5.92 Å². The van der Waals surface area contributed by atoms with Crippen molar-refractivity contribution in [2.75, 3.05) is 80.6 Å². The second-order valence-corrected chi connectivity index (χ2v) is 16.8. The third-order valence-corrected chi connectivity index (χ3v) is 12.7. The predicted octanol–water partition coefficient (Wildman–Crippen LogP) is 2.96. The van der Waals surface area contributed by atoms with E-state index in [0.29, 0.717) is 68.4 Å². The third kappa shape index (κ3) is 6.65. The van der Waals surface area contributed by atoms with Gasteiger partial charge in [0.25, 0.3) is 5.91 Å². The number of nitrogens with one attached hydrogen (secondary N) is 2. The first-order chi connectivity index (χ1) is 27.0. The van der Waals surface area contributed by atoms with E-state index in [1.54, 1.807) is 17.0 Å². The Morgan fingerprint density at radius 3 is 2.52 bits per heavy atom. The van der Waals surface area contributed by atoms with Crippen LogP contribution in [0.1, 0.15) is 55.5 Å². The number of piperidine rings is 2. The number of carbonyl (C=O) groups is 4. The number of piperazine rings is 2. The fourth-order valence-corrected chi connectivity index (χ4v) is 9.70. The Bertz CT molecular complexity index is 2070. The Morgan fingerprint density at radius 1 is 0.911 bits per heavy atom. The number of amides is 5. The highest BCUT2D eigenvalue weighted by Crippen LogP contribution is 2.37. The maximum absolute atomic E-state index is 14.1. The number of aromatic nitrogens is 2. The number of anilines is 3. The van der Waals surface area contributed by atoms with Crippen molar-refractivity contribution >= 4 is 40.9 Å². The topological polar surface area (TPSA) is 158 Å². The number of urea groups is 1. The van der Waals surface area contributed by atoms with Crippen LogP contribution in [0.2, 0.25) is 0 Å². The summed E-state index contributed by atoms with van der Waals surface area (Å²) in [5, 5.41) is 25.0.